The molecule has 0 aromatic rings. The van der Waals surface area contributed by atoms with Crippen molar-refractivity contribution >= 4 is 0 Å². The summed E-state index contributed by atoms with van der Waals surface area (Å²) >= 11 is 0. The monoisotopic (exact) mass is 96.1 g/mol. The minimum Gasteiger partial charge on any atom is -0.263 e. The van der Waals surface area contributed by atoms with Gasteiger partial charge in [0.1, 0.15) is 0 Å². The van der Waals surface area contributed by atoms with Gasteiger partial charge in [0.15, 0.2) is 0 Å². The molecular weight excluding hydrogens is 88.1 g/mol. The molecular formula is C5H8N2+2. The second kappa shape index (κ2) is 2.99. The maximum Gasteiger partial charge on any atom is 0.210 e. The van der Waals surface area contributed by atoms with Gasteiger partial charge in [-0.15, -0.1) is 0 Å². The van der Waals surface area contributed by atoms with Crippen LogP contribution in [0.3, 0.4) is 0 Å². The molecule has 0 aliphatic carbocycles. The van der Waals surface area contributed by atoms with Crippen LogP contribution in [0.4, 0.5) is 0 Å². The number of hydrogen-bond acceptors (Lipinski definition) is 0. The van der Waals surface area contributed by atoms with E-state index in [2.05, 4.69) is 0 Å². The van der Waals surface area contributed by atoms with Gasteiger partial charge in [-0.3, -0.25) is 9.80 Å². The van der Waals surface area contributed by atoms with Crippen LogP contribution in [0.25, 0.3) is 0 Å². The van der Waals surface area contributed by atoms with Crippen molar-refractivity contribution in [1.29, 1.82) is 0 Å². The number of quaternary nitrogens is 2. The van der Waals surface area contributed by atoms with E-state index in [1.807, 2.05) is 0 Å². The highest BCUT2D eigenvalue weighted by Gasteiger charge is 1.99. The van der Waals surface area contributed by atoms with E-state index in [9.17, 15) is 0 Å². The average Bonchev–Trinajstić information content (AvgIpc) is 1.27. The molecule has 0 aliphatic rings. The molecule has 8 radical (unpaired) electrons. The highest BCUT2D eigenvalue weighted by molar-refractivity contribution is 4.05. The second-order valence-corrected chi connectivity index (χ2v) is 1.33. The smallest absolute Gasteiger partial charge is 0.210 e. The second-order valence-electron chi connectivity index (χ2n) is 1.33. The van der Waals surface area contributed by atoms with Gasteiger partial charge in [0.05, 0.1) is 0 Å². The van der Waals surface area contributed by atoms with Gasteiger partial charge in [0.2, 0.25) is 34.9 Å². The van der Waals surface area contributed by atoms with E-state index in [4.69, 9.17) is 28.2 Å². The van der Waals surface area contributed by atoms with Gasteiger partial charge in [-0.05, 0) is 0 Å². The predicted octanol–water partition coefficient (Wildman–Crippen LogP) is -2.61. The lowest BCUT2D eigenvalue weighted by molar-refractivity contribution is -1.00. The summed E-state index contributed by atoms with van der Waals surface area (Å²) in [6.45, 7) is 0.306. The van der Waals surface area contributed by atoms with Crippen molar-refractivity contribution in [3.8, 4) is 0 Å². The standard InChI is InChI=1S/C5H8N2/c1-6(2)5-7(3)4/h1-4,6-7H,5H2/q+2. The molecule has 0 rings (SSSR count). The summed E-state index contributed by atoms with van der Waals surface area (Å²) in [4.78, 5) is 0.500. The Morgan fingerprint density at radius 1 is 0.857 bits per heavy atom. The molecule has 0 unspecified atom stereocenters. The van der Waals surface area contributed by atoms with Crippen molar-refractivity contribution in [3.05, 3.63) is 28.2 Å². The summed E-state index contributed by atoms with van der Waals surface area (Å²) in [6, 6.07) is 0. The van der Waals surface area contributed by atoms with Gasteiger partial charge in [0, 0.05) is 0 Å². The van der Waals surface area contributed by atoms with Crippen molar-refractivity contribution in [1.82, 2.24) is 0 Å². The highest BCUT2D eigenvalue weighted by atomic mass is 15.2. The molecule has 7 heavy (non-hydrogen) atoms. The largest absolute Gasteiger partial charge is 0.263 e. The number of rotatable bonds is 2. The molecule has 0 saturated carbocycles. The molecule has 2 heteroatoms. The molecule has 0 amide bonds. The summed E-state index contributed by atoms with van der Waals surface area (Å²) in [6.07, 6.45) is 0. The van der Waals surface area contributed by atoms with Crippen LogP contribution in [0.2, 0.25) is 0 Å². The fraction of sp³-hybridized carbons (Fsp3) is 0.200. The Hall–Kier alpha value is -0.0800. The lowest BCUT2D eigenvalue weighted by atomic mass is 10.8. The van der Waals surface area contributed by atoms with Crippen molar-refractivity contribution in [3.63, 3.8) is 0 Å². The SMILES string of the molecule is [CH][NH+]([CH])C[NH+]([CH])[CH]. The summed E-state index contributed by atoms with van der Waals surface area (Å²) in [7, 11) is 20.0. The number of nitrogens with one attached hydrogen (secondary N) is 2. The molecule has 0 aromatic carbocycles. The Morgan fingerprint density at radius 2 is 1.14 bits per heavy atom. The zero-order valence-corrected chi connectivity index (χ0v) is 4.02. The first-order chi connectivity index (χ1) is 3.13. The van der Waals surface area contributed by atoms with E-state index in [1.54, 1.807) is 0 Å². The van der Waals surface area contributed by atoms with E-state index in [0.29, 0.717) is 6.67 Å². The van der Waals surface area contributed by atoms with Crippen molar-refractivity contribution in [2.45, 2.75) is 0 Å². The van der Waals surface area contributed by atoms with Gasteiger partial charge in [-0.25, -0.2) is 0 Å². The minimum absolute atomic E-state index is 0.250. The first kappa shape index (κ1) is 6.92. The molecule has 0 heterocycles. The Morgan fingerprint density at radius 3 is 1.14 bits per heavy atom. The topological polar surface area (TPSA) is 8.88 Å². The zero-order valence-electron chi connectivity index (χ0n) is 4.02. The molecule has 2 nitrogen and oxygen atoms in total. The van der Waals surface area contributed by atoms with E-state index >= 15 is 0 Å². The third kappa shape index (κ3) is 5.92. The third-order valence-electron chi connectivity index (χ3n) is 0.408. The molecule has 0 atom stereocenters. The van der Waals surface area contributed by atoms with Crippen LogP contribution in [0.1, 0.15) is 0 Å². The Balaban J connectivity index is 2.95. The van der Waals surface area contributed by atoms with Gasteiger partial charge in [0.25, 0.3) is 0 Å². The molecule has 0 fully saturated rings. The summed E-state index contributed by atoms with van der Waals surface area (Å²) in [5.74, 6) is 0. The molecule has 0 spiro atoms. The molecule has 0 aromatic heterocycles. The van der Waals surface area contributed by atoms with E-state index in [1.165, 1.54) is 0 Å². The van der Waals surface area contributed by atoms with E-state index in [0.717, 1.165) is 0 Å². The quantitative estimate of drug-likeness (QED) is 0.348. The first-order valence-electron chi connectivity index (χ1n) is 1.86. The summed E-state index contributed by atoms with van der Waals surface area (Å²) < 4.78 is 0. The first-order valence-corrected chi connectivity index (χ1v) is 1.86. The van der Waals surface area contributed by atoms with Crippen LogP contribution in [-0.4, -0.2) is 6.67 Å². The minimum atomic E-state index is 0.250. The third-order valence-corrected chi connectivity index (χ3v) is 0.408. The fourth-order valence-electron chi connectivity index (χ4n) is 0.236. The van der Waals surface area contributed by atoms with E-state index in [-0.39, 0.29) is 9.80 Å². The van der Waals surface area contributed by atoms with Crippen molar-refractivity contribution < 1.29 is 9.80 Å². The van der Waals surface area contributed by atoms with Gasteiger partial charge in [-0.1, -0.05) is 0 Å². The van der Waals surface area contributed by atoms with Crippen molar-refractivity contribution in [2.75, 3.05) is 6.67 Å². The van der Waals surface area contributed by atoms with Crippen LogP contribution in [-0.2, 0) is 0 Å². The Labute approximate surface area is 45.7 Å². The highest BCUT2D eigenvalue weighted by Crippen LogP contribution is 1.22. The van der Waals surface area contributed by atoms with Crippen LogP contribution < -0.4 is 9.80 Å². The molecule has 0 saturated heterocycles. The maximum absolute atomic E-state index is 5.01. The van der Waals surface area contributed by atoms with Crippen LogP contribution >= 0.6 is 0 Å². The molecule has 0 aliphatic heterocycles. The average molecular weight is 96.1 g/mol. The van der Waals surface area contributed by atoms with Gasteiger partial charge < -0.3 is 0 Å². The van der Waals surface area contributed by atoms with Crippen LogP contribution in [0.5, 0.6) is 0 Å². The summed E-state index contributed by atoms with van der Waals surface area (Å²) in [5.41, 5.74) is 0. The lowest BCUT2D eigenvalue weighted by Gasteiger charge is -2.04. The van der Waals surface area contributed by atoms with E-state index < -0.39 is 0 Å². The van der Waals surface area contributed by atoms with Gasteiger partial charge in [-0.2, -0.15) is 0 Å². The maximum atomic E-state index is 5.01. The number of hydrogen-bond donors (Lipinski definition) is 2. The Bertz CT molecular complexity index is 35.3. The molecule has 0 bridgehead atoms. The Kier molecular flexibility index (Phi) is 2.96. The van der Waals surface area contributed by atoms with Crippen LogP contribution in [0, 0.1) is 28.2 Å². The lowest BCUT2D eigenvalue weighted by Crippen LogP contribution is -3.22. The normalized spacial score (nSPS) is 11.1. The fourth-order valence-corrected chi connectivity index (χ4v) is 0.236. The zero-order chi connectivity index (χ0) is 5.86. The molecule has 36 valence electrons. The predicted molar refractivity (Wildman–Crippen MR) is 24.0 cm³/mol. The summed E-state index contributed by atoms with van der Waals surface area (Å²) in [5, 5.41) is 0. The van der Waals surface area contributed by atoms with Crippen LogP contribution in [0.15, 0.2) is 0 Å². The van der Waals surface area contributed by atoms with Crippen molar-refractivity contribution in [2.24, 2.45) is 0 Å². The molecule has 2 N–H and O–H groups in total. The van der Waals surface area contributed by atoms with Gasteiger partial charge >= 0.3 is 0 Å².